The van der Waals surface area contributed by atoms with Crippen molar-refractivity contribution in [2.24, 2.45) is 0 Å². The van der Waals surface area contributed by atoms with Crippen LogP contribution < -0.4 is 0 Å². The lowest BCUT2D eigenvalue weighted by Crippen LogP contribution is -2.35. The Morgan fingerprint density at radius 1 is 0.818 bits per heavy atom. The average molecular weight is 311 g/mol. The molecule has 22 heavy (non-hydrogen) atoms. The minimum atomic E-state index is -0.573. The Balaban J connectivity index is 2.24. The Hall–Kier alpha value is -2.38. The molecule has 110 valence electrons. The van der Waals surface area contributed by atoms with E-state index in [9.17, 15) is 14.8 Å². The monoisotopic (exact) mass is 311 g/mol. The first-order valence-corrected chi connectivity index (χ1v) is 7.98. The van der Waals surface area contributed by atoms with Crippen LogP contribution in [0.4, 0.5) is 0 Å². The normalized spacial score (nSPS) is 19.4. The molecule has 3 rings (SSSR count). The van der Waals surface area contributed by atoms with Crippen molar-refractivity contribution in [3.63, 3.8) is 0 Å². The van der Waals surface area contributed by atoms with E-state index in [1.165, 1.54) is 0 Å². The molecule has 2 aromatic rings. The molecule has 4 heteroatoms. The molecule has 0 saturated carbocycles. The van der Waals surface area contributed by atoms with Crippen molar-refractivity contribution < 1.29 is 14.8 Å². The van der Waals surface area contributed by atoms with E-state index < -0.39 is 13.9 Å². The summed E-state index contributed by atoms with van der Waals surface area (Å²) < 4.78 is 11.8. The van der Waals surface area contributed by atoms with Gasteiger partial charge in [-0.05, 0) is 41.5 Å². The zero-order valence-corrected chi connectivity index (χ0v) is 12.8. The number of hydrogen-bond donors (Lipinski definition) is 2. The number of aromatic hydroxyl groups is 2. The van der Waals surface area contributed by atoms with E-state index in [0.29, 0.717) is 0 Å². The van der Waals surface area contributed by atoms with Gasteiger partial charge in [0.15, 0.2) is 5.66 Å². The predicted octanol–water partition coefficient (Wildman–Crippen LogP) is 3.90. The first kappa shape index (κ1) is 14.6. The maximum Gasteiger partial charge on any atom is 0.333 e. The molecule has 0 saturated heterocycles. The van der Waals surface area contributed by atoms with Gasteiger partial charge in [-0.1, -0.05) is 47.1 Å². The van der Waals surface area contributed by atoms with Gasteiger partial charge in [0.1, 0.15) is 11.5 Å². The summed E-state index contributed by atoms with van der Waals surface area (Å²) in [6.07, 6.45) is 7.80. The molecule has 2 atom stereocenters. The summed E-state index contributed by atoms with van der Waals surface area (Å²) in [6, 6.07) is 13.9. The summed E-state index contributed by atoms with van der Waals surface area (Å²) in [5.41, 5.74) is 1.12. The molecule has 2 unspecified atom stereocenters. The lowest BCUT2D eigenvalue weighted by Gasteiger charge is -2.33. The first-order chi connectivity index (χ1) is 10.7. The topological polar surface area (TPSA) is 57.5 Å². The van der Waals surface area contributed by atoms with Crippen molar-refractivity contribution in [3.05, 3.63) is 84.0 Å². The quantitative estimate of drug-likeness (QED) is 0.845. The van der Waals surface area contributed by atoms with Crippen molar-refractivity contribution in [2.75, 3.05) is 0 Å². The minimum Gasteiger partial charge on any atom is -0.508 e. The van der Waals surface area contributed by atoms with Crippen LogP contribution in [0, 0.1) is 0 Å². The molecule has 3 nitrogen and oxygen atoms in total. The highest BCUT2D eigenvalue weighted by Crippen LogP contribution is 2.45. The number of phenolic OH excluding ortho intramolecular Hbond substituents is 2. The van der Waals surface area contributed by atoms with E-state index in [2.05, 4.69) is 0 Å². The molecule has 0 heterocycles. The van der Waals surface area contributed by atoms with Gasteiger partial charge in [0.25, 0.3) is 0 Å². The number of hydrogen-bond acceptors (Lipinski definition) is 3. The molecule has 0 amide bonds. The molecule has 0 spiro atoms. The summed E-state index contributed by atoms with van der Waals surface area (Å²) in [7, 11) is -0.509. The molecule has 2 N–H and O–H groups in total. The smallest absolute Gasteiger partial charge is 0.333 e. The number of benzene rings is 2. The van der Waals surface area contributed by atoms with Gasteiger partial charge in [-0.2, -0.15) is 0 Å². The van der Waals surface area contributed by atoms with Crippen LogP contribution in [-0.4, -0.2) is 15.9 Å². The fraction of sp³-hybridized carbons (Fsp3) is 0.111. The first-order valence-electron chi connectivity index (χ1n) is 6.99. The largest absolute Gasteiger partial charge is 0.508 e. The van der Waals surface area contributed by atoms with E-state index >= 15 is 0 Å². The van der Waals surface area contributed by atoms with Crippen molar-refractivity contribution in [3.8, 4) is 11.5 Å². The summed E-state index contributed by atoms with van der Waals surface area (Å²) in [4.78, 5) is 0. The maximum atomic E-state index is 11.8. The van der Waals surface area contributed by atoms with Gasteiger partial charge >= 0.3 is 8.46 Å². The average Bonchev–Trinajstić information content (AvgIpc) is 2.56. The van der Waals surface area contributed by atoms with Gasteiger partial charge in [0.2, 0.25) is 0 Å². The number of allylic oxidation sites excluding steroid dienone is 4. The van der Waals surface area contributed by atoms with Crippen LogP contribution in [0.3, 0.4) is 0 Å². The van der Waals surface area contributed by atoms with Gasteiger partial charge in [0.05, 0.1) is 5.41 Å². The fourth-order valence-electron chi connectivity index (χ4n) is 2.96. The lowest BCUT2D eigenvalue weighted by molar-refractivity contribution is 0.474. The van der Waals surface area contributed by atoms with Crippen LogP contribution in [-0.2, 0) is 9.98 Å². The third-order valence-corrected chi connectivity index (χ3v) is 4.98. The van der Waals surface area contributed by atoms with Crippen molar-refractivity contribution in [2.45, 2.75) is 11.1 Å². The Kier molecular flexibility index (Phi) is 3.82. The van der Waals surface area contributed by atoms with E-state index in [0.717, 1.165) is 11.1 Å². The highest BCUT2D eigenvalue weighted by atomic mass is 31.1. The van der Waals surface area contributed by atoms with E-state index in [1.54, 1.807) is 24.3 Å². The van der Waals surface area contributed by atoms with Gasteiger partial charge in [0, 0.05) is 0 Å². The van der Waals surface area contributed by atoms with Crippen molar-refractivity contribution in [1.82, 2.24) is 0 Å². The van der Waals surface area contributed by atoms with Gasteiger partial charge in [-0.25, -0.2) is 0 Å². The summed E-state index contributed by atoms with van der Waals surface area (Å²) in [5.74, 6) is 0.391. The third kappa shape index (κ3) is 2.34. The van der Waals surface area contributed by atoms with Gasteiger partial charge in [-0.15, -0.1) is 0 Å². The highest BCUT2D eigenvalue weighted by Gasteiger charge is 2.45. The van der Waals surface area contributed by atoms with Crippen molar-refractivity contribution in [1.29, 1.82) is 0 Å². The summed E-state index contributed by atoms with van der Waals surface area (Å²) >= 11 is 0. The second-order valence-electron chi connectivity index (χ2n) is 5.30. The fourth-order valence-corrected chi connectivity index (χ4v) is 3.77. The second kappa shape index (κ2) is 5.78. The zero-order chi connectivity index (χ0) is 15.6. The minimum absolute atomic E-state index is 0.195. The molecule has 0 bridgehead atoms. The van der Waals surface area contributed by atoms with Crippen LogP contribution >= 0.6 is 8.46 Å². The van der Waals surface area contributed by atoms with E-state index in [4.69, 9.17) is 0 Å². The molecule has 2 aromatic carbocycles. The molecular weight excluding hydrogens is 295 g/mol. The van der Waals surface area contributed by atoms with Crippen molar-refractivity contribution >= 4 is 8.46 Å². The second-order valence-corrected chi connectivity index (χ2v) is 6.16. The zero-order valence-electron chi connectivity index (χ0n) is 11.8. The molecule has 1 aliphatic carbocycles. The molecular formula is C18H16O3P+. The van der Waals surface area contributed by atoms with Crippen LogP contribution in [0.1, 0.15) is 11.1 Å². The van der Waals surface area contributed by atoms with Crippen LogP contribution in [0.25, 0.3) is 0 Å². The SMILES string of the molecule is O=[PH+]C1C=CC=CC1(c1ccc(O)cc1)c1ccc(O)cc1. The standard InChI is InChI=1S/C18H15O3P/c19-15-8-4-13(5-9-15)18(12-2-1-3-17(18)22-21)14-6-10-16(20)11-7-14/h1-12,17,19-20H/p+1. The Bertz CT molecular complexity index is 684. The highest BCUT2D eigenvalue weighted by molar-refractivity contribution is 7.25. The Morgan fingerprint density at radius 3 is 1.77 bits per heavy atom. The summed E-state index contributed by atoms with van der Waals surface area (Å²) in [6.45, 7) is 0. The van der Waals surface area contributed by atoms with Gasteiger partial charge in [-0.3, -0.25) is 0 Å². The lowest BCUT2D eigenvalue weighted by atomic mass is 9.70. The van der Waals surface area contributed by atoms with E-state index in [-0.39, 0.29) is 17.2 Å². The third-order valence-electron chi connectivity index (χ3n) is 4.08. The van der Waals surface area contributed by atoms with Crippen LogP contribution in [0.15, 0.2) is 72.8 Å². The molecule has 0 aromatic heterocycles. The summed E-state index contributed by atoms with van der Waals surface area (Å²) in [5, 5.41) is 19.1. The van der Waals surface area contributed by atoms with E-state index in [1.807, 2.05) is 48.6 Å². The Morgan fingerprint density at radius 2 is 1.32 bits per heavy atom. The molecule has 0 radical (unpaired) electrons. The predicted molar refractivity (Wildman–Crippen MR) is 88.1 cm³/mol. The molecule has 0 fully saturated rings. The molecule has 0 aliphatic heterocycles. The number of rotatable bonds is 3. The van der Waals surface area contributed by atoms with Crippen LogP contribution in [0.5, 0.6) is 11.5 Å². The maximum absolute atomic E-state index is 11.8. The van der Waals surface area contributed by atoms with Gasteiger partial charge < -0.3 is 10.2 Å². The Labute approximate surface area is 130 Å². The number of phenols is 2. The molecule has 1 aliphatic rings. The van der Waals surface area contributed by atoms with Crippen LogP contribution in [0.2, 0.25) is 0 Å².